The summed E-state index contributed by atoms with van der Waals surface area (Å²) in [7, 11) is -3.41. The highest BCUT2D eigenvalue weighted by Gasteiger charge is 2.20. The average molecular weight is 453 g/mol. The molecule has 0 saturated carbocycles. The number of para-hydroxylation sites is 1. The number of hydrogen-bond donors (Lipinski definition) is 1. The second-order valence-electron chi connectivity index (χ2n) is 7.05. The standard InChI is InChI=1S/C23H17F2N3O3S/c1-32(30,31)18-11-9-15(10-12-18)22-19(23(29)26-17-6-4-5-16(24)13-17)14-28(27-22)21-8-3-2-7-20(21)25/h2-14H,1H3,(H,26,29). The third-order valence-corrected chi connectivity index (χ3v) is 5.82. The van der Waals surface area contributed by atoms with Crippen molar-refractivity contribution in [2.75, 3.05) is 11.6 Å². The van der Waals surface area contributed by atoms with Crippen LogP contribution in [0.25, 0.3) is 16.9 Å². The minimum absolute atomic E-state index is 0.101. The Morgan fingerprint density at radius 3 is 2.34 bits per heavy atom. The lowest BCUT2D eigenvalue weighted by molar-refractivity contribution is 0.102. The van der Waals surface area contributed by atoms with Crippen molar-refractivity contribution in [1.29, 1.82) is 0 Å². The highest BCUT2D eigenvalue weighted by Crippen LogP contribution is 2.27. The first-order chi connectivity index (χ1) is 15.2. The van der Waals surface area contributed by atoms with Crippen LogP contribution in [0.15, 0.2) is 83.9 Å². The van der Waals surface area contributed by atoms with E-state index in [1.807, 2.05) is 0 Å². The van der Waals surface area contributed by atoms with Crippen LogP contribution in [-0.4, -0.2) is 30.4 Å². The molecule has 0 spiro atoms. The van der Waals surface area contributed by atoms with Crippen molar-refractivity contribution in [3.8, 4) is 16.9 Å². The largest absolute Gasteiger partial charge is 0.322 e. The number of sulfone groups is 1. The summed E-state index contributed by atoms with van der Waals surface area (Å²) in [5.74, 6) is -1.63. The van der Waals surface area contributed by atoms with Crippen LogP contribution in [0.2, 0.25) is 0 Å². The topological polar surface area (TPSA) is 81.1 Å². The molecule has 0 bridgehead atoms. The first-order valence-corrected chi connectivity index (χ1v) is 11.3. The monoisotopic (exact) mass is 453 g/mol. The average Bonchev–Trinajstić information content (AvgIpc) is 3.19. The summed E-state index contributed by atoms with van der Waals surface area (Å²) >= 11 is 0. The summed E-state index contributed by atoms with van der Waals surface area (Å²) in [6.45, 7) is 0. The maximum absolute atomic E-state index is 14.3. The molecule has 1 aromatic heterocycles. The molecular formula is C23H17F2N3O3S. The zero-order valence-corrected chi connectivity index (χ0v) is 17.6. The van der Waals surface area contributed by atoms with Crippen molar-refractivity contribution in [2.24, 2.45) is 0 Å². The van der Waals surface area contributed by atoms with Crippen molar-refractivity contribution < 1.29 is 22.0 Å². The molecule has 1 N–H and O–H groups in total. The van der Waals surface area contributed by atoms with Gasteiger partial charge < -0.3 is 5.32 Å². The third-order valence-electron chi connectivity index (χ3n) is 4.70. The Kier molecular flexibility index (Phi) is 5.58. The van der Waals surface area contributed by atoms with Crippen LogP contribution >= 0.6 is 0 Å². The van der Waals surface area contributed by atoms with Crippen molar-refractivity contribution >= 4 is 21.4 Å². The van der Waals surface area contributed by atoms with Crippen LogP contribution in [0.3, 0.4) is 0 Å². The normalized spacial score (nSPS) is 11.3. The van der Waals surface area contributed by atoms with E-state index in [-0.39, 0.29) is 27.5 Å². The maximum Gasteiger partial charge on any atom is 0.259 e. The molecule has 0 fully saturated rings. The predicted molar refractivity (Wildman–Crippen MR) is 116 cm³/mol. The Balaban J connectivity index is 1.80. The zero-order valence-electron chi connectivity index (χ0n) is 16.8. The number of hydrogen-bond acceptors (Lipinski definition) is 4. The van der Waals surface area contributed by atoms with Crippen LogP contribution in [0.1, 0.15) is 10.4 Å². The Labute approximate surface area is 183 Å². The van der Waals surface area contributed by atoms with Crippen molar-refractivity contribution in [3.63, 3.8) is 0 Å². The highest BCUT2D eigenvalue weighted by molar-refractivity contribution is 7.90. The van der Waals surface area contributed by atoms with Gasteiger partial charge >= 0.3 is 0 Å². The molecule has 0 atom stereocenters. The van der Waals surface area contributed by atoms with E-state index in [9.17, 15) is 22.0 Å². The van der Waals surface area contributed by atoms with Gasteiger partial charge in [-0.1, -0.05) is 30.3 Å². The summed E-state index contributed by atoms with van der Waals surface area (Å²) < 4.78 is 52.6. The van der Waals surface area contributed by atoms with Gasteiger partial charge in [-0.05, 0) is 42.5 Å². The summed E-state index contributed by atoms with van der Waals surface area (Å²) in [5.41, 5.74) is 1.14. The molecule has 0 unspecified atom stereocenters. The minimum Gasteiger partial charge on any atom is -0.322 e. The first kappa shape index (κ1) is 21.4. The number of amides is 1. The number of carbonyl (C=O) groups excluding carboxylic acids is 1. The zero-order chi connectivity index (χ0) is 22.9. The predicted octanol–water partition coefficient (Wildman–Crippen LogP) is 4.47. The number of nitrogens with one attached hydrogen (secondary N) is 1. The van der Waals surface area contributed by atoms with E-state index in [0.29, 0.717) is 5.56 Å². The summed E-state index contributed by atoms with van der Waals surface area (Å²) in [6, 6.07) is 17.2. The van der Waals surface area contributed by atoms with E-state index in [1.54, 1.807) is 6.07 Å². The number of carbonyl (C=O) groups is 1. The Hall–Kier alpha value is -3.85. The molecule has 4 aromatic rings. The van der Waals surface area contributed by atoms with Gasteiger partial charge in [-0.25, -0.2) is 21.9 Å². The molecule has 32 heavy (non-hydrogen) atoms. The van der Waals surface area contributed by atoms with Crippen LogP contribution in [0, 0.1) is 11.6 Å². The number of anilines is 1. The Morgan fingerprint density at radius 1 is 0.969 bits per heavy atom. The molecule has 0 saturated heterocycles. The highest BCUT2D eigenvalue weighted by atomic mass is 32.2. The lowest BCUT2D eigenvalue weighted by atomic mass is 10.1. The van der Waals surface area contributed by atoms with Crippen LogP contribution in [0.5, 0.6) is 0 Å². The van der Waals surface area contributed by atoms with Crippen molar-refractivity contribution in [1.82, 2.24) is 9.78 Å². The Bertz CT molecular complexity index is 1410. The van der Waals surface area contributed by atoms with Gasteiger partial charge in [0.25, 0.3) is 5.91 Å². The van der Waals surface area contributed by atoms with Gasteiger partial charge in [0.1, 0.15) is 23.0 Å². The Morgan fingerprint density at radius 2 is 1.69 bits per heavy atom. The van der Waals surface area contributed by atoms with Gasteiger partial charge in [-0.2, -0.15) is 5.10 Å². The van der Waals surface area contributed by atoms with Gasteiger partial charge in [0, 0.05) is 23.7 Å². The molecule has 0 aliphatic carbocycles. The third kappa shape index (κ3) is 4.42. The molecule has 1 amide bonds. The second-order valence-corrected chi connectivity index (χ2v) is 9.06. The van der Waals surface area contributed by atoms with Gasteiger partial charge in [-0.3, -0.25) is 4.79 Å². The fourth-order valence-electron chi connectivity index (χ4n) is 3.14. The van der Waals surface area contributed by atoms with Crippen LogP contribution < -0.4 is 5.32 Å². The lowest BCUT2D eigenvalue weighted by Crippen LogP contribution is -2.12. The number of benzene rings is 3. The molecule has 6 nitrogen and oxygen atoms in total. The molecule has 9 heteroatoms. The SMILES string of the molecule is CS(=O)(=O)c1ccc(-c2nn(-c3ccccc3F)cc2C(=O)Nc2cccc(F)c2)cc1. The fraction of sp³-hybridized carbons (Fsp3) is 0.0435. The lowest BCUT2D eigenvalue weighted by Gasteiger charge is -2.06. The number of aromatic nitrogens is 2. The van der Waals surface area contributed by atoms with Crippen molar-refractivity contribution in [2.45, 2.75) is 4.90 Å². The minimum atomic E-state index is -3.41. The molecule has 0 aliphatic rings. The van der Waals surface area contributed by atoms with Crippen LogP contribution in [0.4, 0.5) is 14.5 Å². The number of nitrogens with zero attached hydrogens (tertiary/aromatic N) is 2. The van der Waals surface area contributed by atoms with Crippen LogP contribution in [-0.2, 0) is 9.84 Å². The van der Waals surface area contributed by atoms with Crippen molar-refractivity contribution in [3.05, 3.63) is 96.2 Å². The summed E-state index contributed by atoms with van der Waals surface area (Å²) in [5, 5.41) is 6.98. The molecule has 1 heterocycles. The van der Waals surface area contributed by atoms with Gasteiger partial charge in [0.05, 0.1) is 10.5 Å². The van der Waals surface area contributed by atoms with E-state index in [4.69, 9.17) is 0 Å². The van der Waals surface area contributed by atoms with E-state index < -0.39 is 27.4 Å². The fourth-order valence-corrected chi connectivity index (χ4v) is 3.77. The second kappa shape index (κ2) is 8.35. The van der Waals surface area contributed by atoms with Gasteiger partial charge in [0.15, 0.2) is 9.84 Å². The smallest absolute Gasteiger partial charge is 0.259 e. The summed E-state index contributed by atoms with van der Waals surface area (Å²) in [4.78, 5) is 13.1. The first-order valence-electron chi connectivity index (χ1n) is 9.44. The molecule has 0 aliphatic heterocycles. The molecule has 4 rings (SSSR count). The van der Waals surface area contributed by atoms with Gasteiger partial charge in [0.2, 0.25) is 0 Å². The maximum atomic E-state index is 14.3. The number of halogens is 2. The molecular weight excluding hydrogens is 436 g/mol. The molecule has 0 radical (unpaired) electrons. The van der Waals surface area contributed by atoms with E-state index in [2.05, 4.69) is 10.4 Å². The van der Waals surface area contributed by atoms with Gasteiger partial charge in [-0.15, -0.1) is 0 Å². The van der Waals surface area contributed by atoms with E-state index in [1.165, 1.54) is 77.6 Å². The quantitative estimate of drug-likeness (QED) is 0.483. The molecule has 162 valence electrons. The summed E-state index contributed by atoms with van der Waals surface area (Å²) in [6.07, 6.45) is 2.46. The number of rotatable bonds is 5. The van der Waals surface area contributed by atoms with E-state index >= 15 is 0 Å². The van der Waals surface area contributed by atoms with E-state index in [0.717, 1.165) is 6.26 Å². The molecule has 3 aromatic carbocycles.